The molecule has 1 aliphatic heterocycles. The number of carboxylic acids is 1. The SMILES string of the molecule is CC1(C)OB(C(=Cc2ccc(C(=O)O)cc2C(F)(F)F)CO)OC1(C)C. The fourth-order valence-electron chi connectivity index (χ4n) is 2.44. The van der Waals surface area contributed by atoms with Crippen molar-refractivity contribution in [3.8, 4) is 0 Å². The summed E-state index contributed by atoms with van der Waals surface area (Å²) in [6.45, 7) is 6.56. The molecule has 0 aromatic heterocycles. The maximum atomic E-state index is 13.3. The molecule has 0 atom stereocenters. The van der Waals surface area contributed by atoms with Crippen LogP contribution in [0.2, 0.25) is 0 Å². The molecule has 0 aliphatic carbocycles. The predicted molar refractivity (Wildman–Crippen MR) is 89.5 cm³/mol. The van der Waals surface area contributed by atoms with Crippen LogP contribution in [0.4, 0.5) is 13.2 Å². The van der Waals surface area contributed by atoms with Gasteiger partial charge in [0.05, 0.1) is 28.9 Å². The highest BCUT2D eigenvalue weighted by atomic mass is 19.4. The summed E-state index contributed by atoms with van der Waals surface area (Å²) in [5.74, 6) is -1.46. The minimum atomic E-state index is -4.76. The Morgan fingerprint density at radius 2 is 1.73 bits per heavy atom. The predicted octanol–water partition coefficient (Wildman–Crippen LogP) is 3.41. The molecule has 1 saturated heterocycles. The second-order valence-electron chi connectivity index (χ2n) is 7.07. The molecule has 26 heavy (non-hydrogen) atoms. The molecule has 142 valence electrons. The molecule has 2 rings (SSSR count). The molecule has 0 spiro atoms. The molecule has 0 unspecified atom stereocenters. The monoisotopic (exact) mass is 372 g/mol. The van der Waals surface area contributed by atoms with E-state index in [1.165, 1.54) is 0 Å². The van der Waals surface area contributed by atoms with E-state index in [2.05, 4.69) is 0 Å². The van der Waals surface area contributed by atoms with Crippen LogP contribution in [0.3, 0.4) is 0 Å². The van der Waals surface area contributed by atoms with Gasteiger partial charge in [0.25, 0.3) is 0 Å². The number of aliphatic hydroxyl groups is 1. The van der Waals surface area contributed by atoms with Crippen LogP contribution in [0.5, 0.6) is 0 Å². The summed E-state index contributed by atoms with van der Waals surface area (Å²) in [7, 11) is -1.01. The van der Waals surface area contributed by atoms with E-state index in [0.717, 1.165) is 18.2 Å². The third kappa shape index (κ3) is 3.95. The van der Waals surface area contributed by atoms with Crippen LogP contribution in [0.15, 0.2) is 23.7 Å². The van der Waals surface area contributed by atoms with Gasteiger partial charge in [0.1, 0.15) is 0 Å². The third-order valence-corrected chi connectivity index (χ3v) is 4.69. The van der Waals surface area contributed by atoms with Gasteiger partial charge >= 0.3 is 19.3 Å². The molecular weight excluding hydrogens is 352 g/mol. The van der Waals surface area contributed by atoms with E-state index in [9.17, 15) is 23.1 Å². The number of rotatable bonds is 4. The normalized spacial score (nSPS) is 19.7. The standard InChI is InChI=1S/C17H20BF3O5/c1-15(2)16(3,4)26-18(25-15)12(9-22)7-10-5-6-11(14(23)24)8-13(10)17(19,20)21/h5-8,22H,9H2,1-4H3,(H,23,24). The Hall–Kier alpha value is -1.84. The summed E-state index contributed by atoms with van der Waals surface area (Å²) in [4.78, 5) is 11.0. The summed E-state index contributed by atoms with van der Waals surface area (Å²) < 4.78 is 51.5. The number of carbonyl (C=O) groups is 1. The van der Waals surface area contributed by atoms with Gasteiger partial charge in [-0.15, -0.1) is 0 Å². The lowest BCUT2D eigenvalue weighted by atomic mass is 9.77. The summed E-state index contributed by atoms with van der Waals surface area (Å²) in [5.41, 5.74) is -3.19. The van der Waals surface area contributed by atoms with Gasteiger partial charge in [0.15, 0.2) is 0 Å². The van der Waals surface area contributed by atoms with Crippen molar-refractivity contribution in [2.75, 3.05) is 6.61 Å². The Labute approximate surface area is 149 Å². The third-order valence-electron chi connectivity index (χ3n) is 4.69. The Morgan fingerprint density at radius 1 is 1.19 bits per heavy atom. The molecule has 1 aromatic carbocycles. The second-order valence-corrected chi connectivity index (χ2v) is 7.07. The van der Waals surface area contributed by atoms with Crippen LogP contribution < -0.4 is 0 Å². The molecule has 0 radical (unpaired) electrons. The molecule has 1 fully saturated rings. The molecule has 1 heterocycles. The number of alkyl halides is 3. The molecule has 0 amide bonds. The second kappa shape index (κ2) is 6.72. The average molecular weight is 372 g/mol. The first-order valence-electron chi connectivity index (χ1n) is 7.90. The zero-order valence-corrected chi connectivity index (χ0v) is 14.8. The Kier molecular flexibility index (Phi) is 5.29. The van der Waals surface area contributed by atoms with Crippen LogP contribution >= 0.6 is 0 Å². The topological polar surface area (TPSA) is 76.0 Å². The maximum absolute atomic E-state index is 13.3. The lowest BCUT2D eigenvalue weighted by molar-refractivity contribution is -0.137. The maximum Gasteiger partial charge on any atom is 0.492 e. The van der Waals surface area contributed by atoms with Crippen molar-refractivity contribution < 1.29 is 37.5 Å². The summed E-state index contributed by atoms with van der Waals surface area (Å²) in [6, 6.07) is 2.68. The zero-order chi connectivity index (χ0) is 19.9. The lowest BCUT2D eigenvalue weighted by Crippen LogP contribution is -2.41. The highest BCUT2D eigenvalue weighted by molar-refractivity contribution is 6.55. The van der Waals surface area contributed by atoms with Gasteiger partial charge in [-0.25, -0.2) is 4.79 Å². The van der Waals surface area contributed by atoms with Gasteiger partial charge < -0.3 is 19.5 Å². The fraction of sp³-hybridized carbons (Fsp3) is 0.471. The van der Waals surface area contributed by atoms with E-state index < -0.39 is 48.2 Å². The first-order chi connectivity index (χ1) is 11.8. The molecule has 1 aromatic rings. The highest BCUT2D eigenvalue weighted by Crippen LogP contribution is 2.39. The molecule has 0 bridgehead atoms. The van der Waals surface area contributed by atoms with Crippen molar-refractivity contribution in [3.63, 3.8) is 0 Å². The van der Waals surface area contributed by atoms with Gasteiger partial charge in [-0.1, -0.05) is 12.1 Å². The molecular formula is C17H20BF3O5. The highest BCUT2D eigenvalue weighted by Gasteiger charge is 2.52. The summed E-state index contributed by atoms with van der Waals surface area (Å²) in [5, 5.41) is 18.5. The number of hydrogen-bond donors (Lipinski definition) is 2. The quantitative estimate of drug-likeness (QED) is 0.793. The average Bonchev–Trinajstić information content (AvgIpc) is 2.71. The molecule has 1 aliphatic rings. The van der Waals surface area contributed by atoms with E-state index in [1.54, 1.807) is 27.7 Å². The van der Waals surface area contributed by atoms with E-state index in [4.69, 9.17) is 14.4 Å². The molecule has 9 heteroatoms. The molecule has 2 N–H and O–H groups in total. The van der Waals surface area contributed by atoms with E-state index in [-0.39, 0.29) is 11.0 Å². The van der Waals surface area contributed by atoms with Crippen molar-refractivity contribution in [1.82, 2.24) is 0 Å². The van der Waals surface area contributed by atoms with Gasteiger partial charge in [-0.3, -0.25) is 0 Å². The number of hydrogen-bond acceptors (Lipinski definition) is 4. The zero-order valence-electron chi connectivity index (χ0n) is 14.8. The Balaban J connectivity index is 2.48. The van der Waals surface area contributed by atoms with E-state index in [0.29, 0.717) is 6.07 Å². The summed E-state index contributed by atoms with van der Waals surface area (Å²) in [6.07, 6.45) is -3.63. The minimum Gasteiger partial charge on any atom is -0.478 e. The number of carboxylic acid groups (broad SMARTS) is 1. The van der Waals surface area contributed by atoms with Crippen LogP contribution in [0.1, 0.15) is 49.2 Å². The molecule has 0 saturated carbocycles. The number of aliphatic hydroxyl groups excluding tert-OH is 1. The Morgan fingerprint density at radius 3 is 2.15 bits per heavy atom. The van der Waals surface area contributed by atoms with Crippen molar-refractivity contribution in [2.45, 2.75) is 45.1 Å². The lowest BCUT2D eigenvalue weighted by Gasteiger charge is -2.32. The van der Waals surface area contributed by atoms with Crippen molar-refractivity contribution in [2.24, 2.45) is 0 Å². The fourth-order valence-corrected chi connectivity index (χ4v) is 2.44. The van der Waals surface area contributed by atoms with Gasteiger partial charge in [-0.2, -0.15) is 13.2 Å². The number of aromatic carboxylic acids is 1. The Bertz CT molecular complexity index is 724. The van der Waals surface area contributed by atoms with Crippen molar-refractivity contribution in [3.05, 3.63) is 40.4 Å². The van der Waals surface area contributed by atoms with Crippen LogP contribution in [-0.4, -0.2) is 41.1 Å². The molecule has 5 nitrogen and oxygen atoms in total. The largest absolute Gasteiger partial charge is 0.492 e. The van der Waals surface area contributed by atoms with Crippen molar-refractivity contribution >= 4 is 19.2 Å². The number of halogens is 3. The van der Waals surface area contributed by atoms with Gasteiger partial charge in [-0.05, 0) is 50.9 Å². The van der Waals surface area contributed by atoms with E-state index >= 15 is 0 Å². The van der Waals surface area contributed by atoms with Crippen LogP contribution in [0.25, 0.3) is 6.08 Å². The van der Waals surface area contributed by atoms with Gasteiger partial charge in [0, 0.05) is 0 Å². The van der Waals surface area contributed by atoms with Crippen LogP contribution in [-0.2, 0) is 15.5 Å². The smallest absolute Gasteiger partial charge is 0.478 e. The minimum absolute atomic E-state index is 0.109. The van der Waals surface area contributed by atoms with Gasteiger partial charge in [0.2, 0.25) is 0 Å². The number of benzene rings is 1. The van der Waals surface area contributed by atoms with Crippen LogP contribution in [0, 0.1) is 0 Å². The first kappa shape index (κ1) is 20.5. The van der Waals surface area contributed by atoms with Crippen molar-refractivity contribution in [1.29, 1.82) is 0 Å². The van der Waals surface area contributed by atoms with E-state index in [1.807, 2.05) is 0 Å². The summed E-state index contributed by atoms with van der Waals surface area (Å²) >= 11 is 0. The first-order valence-corrected chi connectivity index (χ1v) is 7.90.